The number of aromatic nitrogens is 1. The number of aromatic amines is 1. The predicted molar refractivity (Wildman–Crippen MR) is 73.4 cm³/mol. The van der Waals surface area contributed by atoms with E-state index in [0.717, 1.165) is 38.1 Å². The molecule has 2 aromatic rings. The van der Waals surface area contributed by atoms with Gasteiger partial charge in [0.2, 0.25) is 0 Å². The van der Waals surface area contributed by atoms with Gasteiger partial charge in [-0.3, -0.25) is 4.79 Å². The number of phenols is 1. The van der Waals surface area contributed by atoms with Crippen LogP contribution in [0.1, 0.15) is 16.9 Å². The molecule has 0 unspecified atom stereocenters. The van der Waals surface area contributed by atoms with Gasteiger partial charge in [-0.25, -0.2) is 0 Å². The molecule has 0 aliphatic carbocycles. The molecule has 0 atom stereocenters. The van der Waals surface area contributed by atoms with Crippen molar-refractivity contribution < 1.29 is 9.90 Å². The third-order valence-electron chi connectivity index (χ3n) is 3.50. The summed E-state index contributed by atoms with van der Waals surface area (Å²) < 4.78 is 0. The highest BCUT2D eigenvalue weighted by Crippen LogP contribution is 2.25. The summed E-state index contributed by atoms with van der Waals surface area (Å²) in [6.07, 6.45) is 0.969. The Balaban J connectivity index is 1.90. The van der Waals surface area contributed by atoms with Gasteiger partial charge in [0, 0.05) is 30.5 Å². The molecule has 100 valence electrons. The van der Waals surface area contributed by atoms with Crippen molar-refractivity contribution in [2.24, 2.45) is 0 Å². The van der Waals surface area contributed by atoms with Gasteiger partial charge in [0.25, 0.3) is 5.91 Å². The zero-order valence-electron chi connectivity index (χ0n) is 10.6. The molecule has 2 heterocycles. The second kappa shape index (κ2) is 4.93. The monoisotopic (exact) mass is 259 g/mol. The number of nitrogens with one attached hydrogen (secondary N) is 2. The van der Waals surface area contributed by atoms with Crippen molar-refractivity contribution in [2.75, 3.05) is 26.2 Å². The standard InChI is InChI=1S/C14H17N3O2/c18-13-4-1-3-11-10(13)9-12(16-11)14(19)17-7-2-5-15-6-8-17/h1,3-4,9,15-16,18H,2,5-8H2. The summed E-state index contributed by atoms with van der Waals surface area (Å²) in [5, 5.41) is 13.7. The van der Waals surface area contributed by atoms with Crippen LogP contribution in [0.3, 0.4) is 0 Å². The van der Waals surface area contributed by atoms with Crippen molar-refractivity contribution >= 4 is 16.8 Å². The molecule has 1 aromatic carbocycles. The van der Waals surface area contributed by atoms with Crippen molar-refractivity contribution in [2.45, 2.75) is 6.42 Å². The van der Waals surface area contributed by atoms with Crippen molar-refractivity contribution in [3.05, 3.63) is 30.0 Å². The average molecular weight is 259 g/mol. The predicted octanol–water partition coefficient (Wildman–Crippen LogP) is 1.31. The van der Waals surface area contributed by atoms with E-state index in [9.17, 15) is 9.90 Å². The second-order valence-electron chi connectivity index (χ2n) is 4.82. The lowest BCUT2D eigenvalue weighted by Gasteiger charge is -2.18. The first-order chi connectivity index (χ1) is 9.25. The fourth-order valence-corrected chi connectivity index (χ4v) is 2.47. The van der Waals surface area contributed by atoms with Gasteiger partial charge < -0.3 is 20.3 Å². The maximum Gasteiger partial charge on any atom is 0.270 e. The van der Waals surface area contributed by atoms with E-state index in [0.29, 0.717) is 11.1 Å². The maximum atomic E-state index is 12.4. The molecule has 1 fully saturated rings. The molecule has 0 spiro atoms. The molecule has 3 rings (SSSR count). The number of benzene rings is 1. The third-order valence-corrected chi connectivity index (χ3v) is 3.50. The lowest BCUT2D eigenvalue weighted by molar-refractivity contribution is 0.0761. The summed E-state index contributed by atoms with van der Waals surface area (Å²) in [4.78, 5) is 17.3. The quantitative estimate of drug-likeness (QED) is 0.723. The van der Waals surface area contributed by atoms with E-state index in [1.54, 1.807) is 18.2 Å². The largest absolute Gasteiger partial charge is 0.507 e. The molecule has 3 N–H and O–H groups in total. The number of H-pyrrole nitrogens is 1. The number of carbonyl (C=O) groups is 1. The summed E-state index contributed by atoms with van der Waals surface area (Å²) in [5.41, 5.74) is 1.33. The Hall–Kier alpha value is -2.01. The number of nitrogens with zero attached hydrogens (tertiary/aromatic N) is 1. The van der Waals surface area contributed by atoms with E-state index in [4.69, 9.17) is 0 Å². The molecule has 1 saturated heterocycles. The number of hydrogen-bond acceptors (Lipinski definition) is 3. The van der Waals surface area contributed by atoms with E-state index in [1.165, 1.54) is 0 Å². The SMILES string of the molecule is O=C(c1cc2c(O)cccc2[nH]1)N1CCCNCC1. The van der Waals surface area contributed by atoms with E-state index in [2.05, 4.69) is 10.3 Å². The van der Waals surface area contributed by atoms with Gasteiger partial charge in [0.1, 0.15) is 11.4 Å². The van der Waals surface area contributed by atoms with Crippen LogP contribution in [0, 0.1) is 0 Å². The van der Waals surface area contributed by atoms with Crippen molar-refractivity contribution in [3.8, 4) is 5.75 Å². The molecule has 0 radical (unpaired) electrons. The van der Waals surface area contributed by atoms with Crippen LogP contribution >= 0.6 is 0 Å². The zero-order valence-corrected chi connectivity index (χ0v) is 10.6. The second-order valence-corrected chi connectivity index (χ2v) is 4.82. The fraction of sp³-hybridized carbons (Fsp3) is 0.357. The Morgan fingerprint density at radius 3 is 3.00 bits per heavy atom. The number of carbonyl (C=O) groups excluding carboxylic acids is 1. The van der Waals surface area contributed by atoms with Crippen LogP contribution in [0.2, 0.25) is 0 Å². The van der Waals surface area contributed by atoms with Crippen LogP contribution in [-0.2, 0) is 0 Å². The number of rotatable bonds is 1. The van der Waals surface area contributed by atoms with Gasteiger partial charge in [-0.15, -0.1) is 0 Å². The molecule has 0 bridgehead atoms. The fourth-order valence-electron chi connectivity index (χ4n) is 2.47. The number of fused-ring (bicyclic) bond motifs is 1. The molecule has 19 heavy (non-hydrogen) atoms. The number of hydrogen-bond donors (Lipinski definition) is 3. The molecular weight excluding hydrogens is 242 g/mol. The van der Waals surface area contributed by atoms with Crippen LogP contribution in [0.15, 0.2) is 24.3 Å². The smallest absolute Gasteiger partial charge is 0.270 e. The average Bonchev–Trinajstić information content (AvgIpc) is 2.67. The van der Waals surface area contributed by atoms with Crippen LogP contribution in [0.4, 0.5) is 0 Å². The lowest BCUT2D eigenvalue weighted by Crippen LogP contribution is -2.34. The molecule has 5 nitrogen and oxygen atoms in total. The first kappa shape index (κ1) is 12.0. The van der Waals surface area contributed by atoms with Gasteiger partial charge in [-0.2, -0.15) is 0 Å². The van der Waals surface area contributed by atoms with Crippen molar-refractivity contribution in [1.29, 1.82) is 0 Å². The van der Waals surface area contributed by atoms with Crippen LogP contribution in [0.25, 0.3) is 10.9 Å². The molecule has 0 saturated carbocycles. The van der Waals surface area contributed by atoms with Crippen molar-refractivity contribution in [3.63, 3.8) is 0 Å². The van der Waals surface area contributed by atoms with Gasteiger partial charge in [-0.05, 0) is 31.2 Å². The highest BCUT2D eigenvalue weighted by molar-refractivity contribution is 5.99. The summed E-state index contributed by atoms with van der Waals surface area (Å²) in [6.45, 7) is 3.28. The molecule has 1 aromatic heterocycles. The number of phenolic OH excluding ortho intramolecular Hbond substituents is 1. The Morgan fingerprint density at radius 1 is 1.26 bits per heavy atom. The van der Waals surface area contributed by atoms with E-state index in [1.807, 2.05) is 11.0 Å². The minimum Gasteiger partial charge on any atom is -0.507 e. The molecular formula is C14H17N3O2. The Bertz CT molecular complexity index is 598. The molecule has 1 aliphatic rings. The highest BCUT2D eigenvalue weighted by Gasteiger charge is 2.19. The molecule has 5 heteroatoms. The Morgan fingerprint density at radius 2 is 2.16 bits per heavy atom. The van der Waals surface area contributed by atoms with Gasteiger partial charge in [0.15, 0.2) is 0 Å². The highest BCUT2D eigenvalue weighted by atomic mass is 16.3. The van der Waals surface area contributed by atoms with Crippen LogP contribution in [-0.4, -0.2) is 47.1 Å². The summed E-state index contributed by atoms with van der Waals surface area (Å²) >= 11 is 0. The van der Waals surface area contributed by atoms with E-state index >= 15 is 0 Å². The summed E-state index contributed by atoms with van der Waals surface area (Å²) in [5.74, 6) is 0.199. The minimum atomic E-state index is -0.000648. The summed E-state index contributed by atoms with van der Waals surface area (Å²) in [7, 11) is 0. The molecule has 1 amide bonds. The third kappa shape index (κ3) is 2.29. The van der Waals surface area contributed by atoms with Gasteiger partial charge in [0.05, 0.1) is 0 Å². The van der Waals surface area contributed by atoms with E-state index < -0.39 is 0 Å². The molecule has 1 aliphatic heterocycles. The van der Waals surface area contributed by atoms with Gasteiger partial charge in [-0.1, -0.05) is 6.07 Å². The number of aromatic hydroxyl groups is 1. The minimum absolute atomic E-state index is 0.000648. The normalized spacial score (nSPS) is 16.5. The van der Waals surface area contributed by atoms with Crippen molar-refractivity contribution in [1.82, 2.24) is 15.2 Å². The topological polar surface area (TPSA) is 68.4 Å². The van der Waals surface area contributed by atoms with E-state index in [-0.39, 0.29) is 11.7 Å². The number of amides is 1. The lowest BCUT2D eigenvalue weighted by atomic mass is 10.2. The maximum absolute atomic E-state index is 12.4. The Labute approximate surface area is 111 Å². The first-order valence-electron chi connectivity index (χ1n) is 6.56. The van der Waals surface area contributed by atoms with Crippen LogP contribution in [0.5, 0.6) is 5.75 Å². The zero-order chi connectivity index (χ0) is 13.2. The summed E-state index contributed by atoms with van der Waals surface area (Å²) in [6, 6.07) is 6.97. The van der Waals surface area contributed by atoms with Gasteiger partial charge >= 0.3 is 0 Å². The first-order valence-corrected chi connectivity index (χ1v) is 6.56. The van der Waals surface area contributed by atoms with Crippen LogP contribution < -0.4 is 5.32 Å². The Kier molecular flexibility index (Phi) is 3.13.